The molecule has 0 bridgehead atoms. The van der Waals surface area contributed by atoms with Crippen LogP contribution in [-0.2, 0) is 6.54 Å². The van der Waals surface area contributed by atoms with E-state index in [1.54, 1.807) is 0 Å². The van der Waals surface area contributed by atoms with Crippen LogP contribution in [0.4, 0.5) is 0 Å². The van der Waals surface area contributed by atoms with Gasteiger partial charge < -0.3 is 14.8 Å². The van der Waals surface area contributed by atoms with E-state index in [-0.39, 0.29) is 0 Å². The summed E-state index contributed by atoms with van der Waals surface area (Å²) in [4.78, 5) is 0. The number of quaternary nitrogens is 1. The van der Waals surface area contributed by atoms with Gasteiger partial charge in [0.2, 0.25) is 6.79 Å². The SMILES string of the molecule is Clc1ccc(C[NH2+]CC[C@@H](c2ccccc2)c2ccc3c(c2)OCO3)cc1. The van der Waals surface area contributed by atoms with Gasteiger partial charge in [-0.15, -0.1) is 0 Å². The molecule has 1 atom stereocenters. The number of benzene rings is 3. The molecule has 138 valence electrons. The minimum atomic E-state index is 0.309. The van der Waals surface area contributed by atoms with Crippen molar-refractivity contribution in [1.82, 2.24) is 0 Å². The van der Waals surface area contributed by atoms with Gasteiger partial charge in [0.05, 0.1) is 6.54 Å². The van der Waals surface area contributed by atoms with Crippen molar-refractivity contribution in [3.63, 3.8) is 0 Å². The van der Waals surface area contributed by atoms with Crippen LogP contribution >= 0.6 is 11.6 Å². The first-order valence-electron chi connectivity index (χ1n) is 9.30. The van der Waals surface area contributed by atoms with Crippen LogP contribution in [0.3, 0.4) is 0 Å². The third-order valence-electron chi connectivity index (χ3n) is 4.95. The van der Waals surface area contributed by atoms with Gasteiger partial charge >= 0.3 is 0 Å². The Labute approximate surface area is 164 Å². The number of fused-ring (bicyclic) bond motifs is 1. The minimum absolute atomic E-state index is 0.309. The second kappa shape index (κ2) is 8.47. The predicted molar refractivity (Wildman–Crippen MR) is 107 cm³/mol. The molecule has 1 aliphatic heterocycles. The number of rotatable bonds is 7. The molecule has 0 radical (unpaired) electrons. The molecule has 0 aromatic heterocycles. The molecule has 0 saturated carbocycles. The van der Waals surface area contributed by atoms with Gasteiger partial charge in [-0.3, -0.25) is 0 Å². The van der Waals surface area contributed by atoms with Gasteiger partial charge in [-0.1, -0.05) is 60.1 Å². The van der Waals surface area contributed by atoms with Crippen molar-refractivity contribution in [2.24, 2.45) is 0 Å². The zero-order valence-corrected chi connectivity index (χ0v) is 15.9. The summed E-state index contributed by atoms with van der Waals surface area (Å²) in [6.07, 6.45) is 1.05. The molecule has 3 aromatic carbocycles. The third-order valence-corrected chi connectivity index (χ3v) is 5.21. The summed E-state index contributed by atoms with van der Waals surface area (Å²) >= 11 is 5.96. The zero-order chi connectivity index (χ0) is 18.5. The molecule has 4 heteroatoms. The van der Waals surface area contributed by atoms with Crippen LogP contribution in [0.25, 0.3) is 0 Å². The van der Waals surface area contributed by atoms with Crippen LogP contribution < -0.4 is 14.8 Å². The van der Waals surface area contributed by atoms with Crippen molar-refractivity contribution in [3.05, 3.63) is 94.5 Å². The summed E-state index contributed by atoms with van der Waals surface area (Å²) in [6.45, 7) is 2.31. The van der Waals surface area contributed by atoms with Gasteiger partial charge in [0, 0.05) is 22.9 Å². The van der Waals surface area contributed by atoms with Crippen molar-refractivity contribution in [3.8, 4) is 11.5 Å². The number of nitrogens with two attached hydrogens (primary N) is 1. The number of hydrogen-bond donors (Lipinski definition) is 1. The molecule has 0 aliphatic carbocycles. The molecule has 4 rings (SSSR count). The molecular formula is C23H23ClNO2+. The molecule has 0 fully saturated rings. The fourth-order valence-corrected chi connectivity index (χ4v) is 3.64. The van der Waals surface area contributed by atoms with Crippen LogP contribution in [-0.4, -0.2) is 13.3 Å². The van der Waals surface area contributed by atoms with Crippen LogP contribution in [0.15, 0.2) is 72.8 Å². The fourth-order valence-electron chi connectivity index (χ4n) is 3.51. The molecule has 3 nitrogen and oxygen atoms in total. The van der Waals surface area contributed by atoms with Gasteiger partial charge in [-0.25, -0.2) is 0 Å². The molecule has 2 N–H and O–H groups in total. The van der Waals surface area contributed by atoms with Gasteiger partial charge in [-0.2, -0.15) is 0 Å². The average Bonchev–Trinajstić information content (AvgIpc) is 3.18. The van der Waals surface area contributed by atoms with Crippen LogP contribution in [0.2, 0.25) is 5.02 Å². The van der Waals surface area contributed by atoms with Crippen LogP contribution in [0, 0.1) is 0 Å². The highest BCUT2D eigenvalue weighted by Crippen LogP contribution is 2.37. The van der Waals surface area contributed by atoms with E-state index in [9.17, 15) is 0 Å². The zero-order valence-electron chi connectivity index (χ0n) is 15.1. The summed E-state index contributed by atoms with van der Waals surface area (Å²) in [7, 11) is 0. The standard InChI is InChI=1S/C23H22ClNO2/c24-20-9-6-17(7-10-20)15-25-13-12-21(18-4-2-1-3-5-18)19-8-11-22-23(14-19)27-16-26-22/h1-11,14,21,25H,12-13,15-16H2/p+1/t21-/m0/s1. The highest BCUT2D eigenvalue weighted by molar-refractivity contribution is 6.30. The molecule has 0 unspecified atom stereocenters. The first-order chi connectivity index (χ1) is 13.3. The van der Waals surface area contributed by atoms with Crippen molar-refractivity contribution in [2.45, 2.75) is 18.9 Å². The lowest BCUT2D eigenvalue weighted by Crippen LogP contribution is -2.82. The van der Waals surface area contributed by atoms with Crippen molar-refractivity contribution >= 4 is 11.6 Å². The molecule has 0 amide bonds. The van der Waals surface area contributed by atoms with Gasteiger partial charge in [0.1, 0.15) is 6.54 Å². The lowest BCUT2D eigenvalue weighted by atomic mass is 9.88. The summed E-state index contributed by atoms with van der Waals surface area (Å²) in [6, 6.07) is 25.1. The lowest BCUT2D eigenvalue weighted by Gasteiger charge is -2.18. The van der Waals surface area contributed by atoms with E-state index in [2.05, 4.69) is 59.9 Å². The Bertz CT molecular complexity index is 881. The van der Waals surface area contributed by atoms with E-state index in [1.807, 2.05) is 18.2 Å². The molecular weight excluding hydrogens is 358 g/mol. The third kappa shape index (κ3) is 4.44. The van der Waals surface area contributed by atoms with E-state index in [0.717, 1.165) is 36.0 Å². The van der Waals surface area contributed by atoms with Gasteiger partial charge in [0.15, 0.2) is 11.5 Å². The molecule has 0 saturated heterocycles. The maximum Gasteiger partial charge on any atom is 0.231 e. The number of hydrogen-bond acceptors (Lipinski definition) is 2. The van der Waals surface area contributed by atoms with Gasteiger partial charge in [-0.05, 0) is 35.4 Å². The summed E-state index contributed by atoms with van der Waals surface area (Å²) < 4.78 is 11.0. The van der Waals surface area contributed by atoms with Crippen LogP contribution in [0.5, 0.6) is 11.5 Å². The Morgan fingerprint density at radius 3 is 2.44 bits per heavy atom. The van der Waals surface area contributed by atoms with E-state index in [4.69, 9.17) is 21.1 Å². The summed E-state index contributed by atoms with van der Waals surface area (Å²) in [5.41, 5.74) is 3.89. The Morgan fingerprint density at radius 1 is 0.852 bits per heavy atom. The Balaban J connectivity index is 1.45. The van der Waals surface area contributed by atoms with Crippen molar-refractivity contribution in [2.75, 3.05) is 13.3 Å². The normalized spacial score (nSPS) is 13.5. The molecule has 0 spiro atoms. The van der Waals surface area contributed by atoms with E-state index in [1.165, 1.54) is 16.7 Å². The van der Waals surface area contributed by atoms with Crippen molar-refractivity contribution < 1.29 is 14.8 Å². The Kier molecular flexibility index (Phi) is 5.61. The first-order valence-corrected chi connectivity index (χ1v) is 9.68. The summed E-state index contributed by atoms with van der Waals surface area (Å²) in [5, 5.41) is 3.14. The quantitative estimate of drug-likeness (QED) is 0.618. The highest BCUT2D eigenvalue weighted by atomic mass is 35.5. The highest BCUT2D eigenvalue weighted by Gasteiger charge is 2.19. The second-order valence-electron chi connectivity index (χ2n) is 6.77. The molecule has 1 aliphatic rings. The maximum atomic E-state index is 5.96. The first kappa shape index (κ1) is 17.9. The predicted octanol–water partition coefficient (Wildman–Crippen LogP) is 4.35. The topological polar surface area (TPSA) is 35.1 Å². The minimum Gasteiger partial charge on any atom is -0.454 e. The monoisotopic (exact) mass is 380 g/mol. The molecule has 27 heavy (non-hydrogen) atoms. The molecule has 1 heterocycles. The van der Waals surface area contributed by atoms with E-state index in [0.29, 0.717) is 12.7 Å². The fraction of sp³-hybridized carbons (Fsp3) is 0.217. The Hall–Kier alpha value is -2.49. The lowest BCUT2D eigenvalue weighted by molar-refractivity contribution is -0.671. The largest absolute Gasteiger partial charge is 0.454 e. The van der Waals surface area contributed by atoms with Crippen molar-refractivity contribution in [1.29, 1.82) is 0 Å². The Morgan fingerprint density at radius 2 is 1.63 bits per heavy atom. The average molecular weight is 381 g/mol. The summed E-state index contributed by atoms with van der Waals surface area (Å²) in [5.74, 6) is 2.01. The maximum absolute atomic E-state index is 5.96. The smallest absolute Gasteiger partial charge is 0.231 e. The number of ether oxygens (including phenoxy) is 2. The van der Waals surface area contributed by atoms with Crippen LogP contribution in [0.1, 0.15) is 29.0 Å². The number of halogens is 1. The van der Waals surface area contributed by atoms with E-state index < -0.39 is 0 Å². The van der Waals surface area contributed by atoms with E-state index >= 15 is 0 Å². The van der Waals surface area contributed by atoms with Gasteiger partial charge in [0.25, 0.3) is 0 Å². The second-order valence-corrected chi connectivity index (χ2v) is 7.21. The molecule has 3 aromatic rings.